The van der Waals surface area contributed by atoms with Crippen LogP contribution in [0.15, 0.2) is 42.5 Å². The molecule has 5 nitrogen and oxygen atoms in total. The van der Waals surface area contributed by atoms with E-state index in [1.165, 1.54) is 4.90 Å². The first kappa shape index (κ1) is 19.1. The molecule has 0 radical (unpaired) electrons. The van der Waals surface area contributed by atoms with Gasteiger partial charge in [-0.3, -0.25) is 4.79 Å². The summed E-state index contributed by atoms with van der Waals surface area (Å²) >= 11 is 12.1. The summed E-state index contributed by atoms with van der Waals surface area (Å²) < 4.78 is 0. The first-order valence-corrected chi connectivity index (χ1v) is 8.41. The third-order valence-electron chi connectivity index (χ3n) is 3.81. The zero-order valence-corrected chi connectivity index (χ0v) is 15.1. The number of amides is 1. The number of nitrogens with zero attached hydrogens (tertiary/aromatic N) is 1. The van der Waals surface area contributed by atoms with Crippen molar-refractivity contribution in [2.45, 2.75) is 25.9 Å². The number of anilines is 1. The molecule has 0 aliphatic heterocycles. The summed E-state index contributed by atoms with van der Waals surface area (Å²) in [5.74, 6) is -2.50. The van der Waals surface area contributed by atoms with Gasteiger partial charge in [-0.05, 0) is 47.9 Å². The Kier molecular flexibility index (Phi) is 6.28. The minimum atomic E-state index is -1.51. The second-order valence-electron chi connectivity index (χ2n) is 5.61. The Hall–Kier alpha value is -2.24. The number of aliphatic carboxylic acids is 1. The Morgan fingerprint density at radius 1 is 1.12 bits per heavy atom. The summed E-state index contributed by atoms with van der Waals surface area (Å²) in [6.45, 7) is 2.00. The number of benzene rings is 2. The molecule has 1 atom stereocenters. The Morgan fingerprint density at radius 3 is 2.16 bits per heavy atom. The standard InChI is InChI=1S/C18H18Cl2N2O3/c1-2-16(12-7-13(19)9-14(20)8-12)22(17(23)18(24)25)10-11-3-5-15(21)6-4-11/h3-9,16H,2,10,21H2,1H3,(H,24,25). The van der Waals surface area contributed by atoms with Crippen molar-refractivity contribution < 1.29 is 14.7 Å². The van der Waals surface area contributed by atoms with Gasteiger partial charge in [-0.1, -0.05) is 42.3 Å². The smallest absolute Gasteiger partial charge is 0.394 e. The third-order valence-corrected chi connectivity index (χ3v) is 4.25. The number of nitrogens with two attached hydrogens (primary N) is 1. The maximum Gasteiger partial charge on any atom is 0.394 e. The fraction of sp³-hybridized carbons (Fsp3) is 0.222. The van der Waals surface area contributed by atoms with Crippen molar-refractivity contribution in [3.05, 3.63) is 63.6 Å². The van der Waals surface area contributed by atoms with E-state index in [4.69, 9.17) is 28.9 Å². The summed E-state index contributed by atoms with van der Waals surface area (Å²) in [6.07, 6.45) is 0.505. The number of hydrogen-bond donors (Lipinski definition) is 2. The molecule has 0 aliphatic rings. The van der Waals surface area contributed by atoms with E-state index < -0.39 is 17.9 Å². The van der Waals surface area contributed by atoms with E-state index >= 15 is 0 Å². The van der Waals surface area contributed by atoms with Crippen LogP contribution in [0.4, 0.5) is 5.69 Å². The molecule has 0 spiro atoms. The molecule has 2 aromatic rings. The minimum Gasteiger partial charge on any atom is -0.474 e. The van der Waals surface area contributed by atoms with Crippen LogP contribution in [0.25, 0.3) is 0 Å². The molecular formula is C18H18Cl2N2O3. The van der Waals surface area contributed by atoms with Crippen LogP contribution in [0, 0.1) is 0 Å². The van der Waals surface area contributed by atoms with E-state index in [1.54, 1.807) is 42.5 Å². The highest BCUT2D eigenvalue weighted by Gasteiger charge is 2.29. The molecule has 0 aliphatic carbocycles. The van der Waals surface area contributed by atoms with Gasteiger partial charge in [-0.25, -0.2) is 4.79 Å². The SMILES string of the molecule is CCC(c1cc(Cl)cc(Cl)c1)N(Cc1ccc(N)cc1)C(=O)C(=O)O. The number of carbonyl (C=O) groups is 2. The van der Waals surface area contributed by atoms with Crippen molar-refractivity contribution in [2.24, 2.45) is 0 Å². The number of carboxylic acids is 1. The lowest BCUT2D eigenvalue weighted by molar-refractivity contribution is -0.157. The van der Waals surface area contributed by atoms with Gasteiger partial charge in [0.25, 0.3) is 0 Å². The van der Waals surface area contributed by atoms with Crippen LogP contribution in [-0.4, -0.2) is 21.9 Å². The van der Waals surface area contributed by atoms with E-state index in [0.29, 0.717) is 27.7 Å². The van der Waals surface area contributed by atoms with Gasteiger partial charge in [0.05, 0.1) is 6.04 Å². The van der Waals surface area contributed by atoms with E-state index in [-0.39, 0.29) is 6.54 Å². The molecule has 0 bridgehead atoms. The van der Waals surface area contributed by atoms with Crippen molar-refractivity contribution in [1.29, 1.82) is 0 Å². The molecule has 1 amide bonds. The second kappa shape index (κ2) is 8.23. The summed E-state index contributed by atoms with van der Waals surface area (Å²) in [5, 5.41) is 10.1. The second-order valence-corrected chi connectivity index (χ2v) is 6.48. The largest absolute Gasteiger partial charge is 0.474 e. The van der Waals surface area contributed by atoms with Crippen molar-refractivity contribution >= 4 is 40.8 Å². The molecule has 0 fully saturated rings. The molecule has 132 valence electrons. The summed E-state index contributed by atoms with van der Waals surface area (Å²) in [5.41, 5.74) is 7.72. The van der Waals surface area contributed by atoms with Crippen LogP contribution in [0.3, 0.4) is 0 Å². The van der Waals surface area contributed by atoms with Gasteiger partial charge >= 0.3 is 11.9 Å². The molecule has 0 saturated heterocycles. The maximum absolute atomic E-state index is 12.3. The van der Waals surface area contributed by atoms with Gasteiger partial charge in [0, 0.05) is 22.3 Å². The van der Waals surface area contributed by atoms with Gasteiger partial charge in [0.1, 0.15) is 0 Å². The normalized spacial score (nSPS) is 11.8. The first-order valence-electron chi connectivity index (χ1n) is 7.66. The molecule has 2 aromatic carbocycles. The van der Waals surface area contributed by atoms with E-state index in [9.17, 15) is 14.7 Å². The molecule has 2 rings (SSSR count). The van der Waals surface area contributed by atoms with Crippen molar-refractivity contribution in [3.8, 4) is 0 Å². The number of rotatable bonds is 5. The van der Waals surface area contributed by atoms with E-state index in [1.807, 2.05) is 6.92 Å². The predicted molar refractivity (Wildman–Crippen MR) is 98.5 cm³/mol. The first-order chi connectivity index (χ1) is 11.8. The van der Waals surface area contributed by atoms with Crippen LogP contribution in [-0.2, 0) is 16.1 Å². The van der Waals surface area contributed by atoms with E-state index in [2.05, 4.69) is 0 Å². The summed E-state index contributed by atoms with van der Waals surface area (Å²) in [7, 11) is 0. The Morgan fingerprint density at radius 2 is 1.68 bits per heavy atom. The quantitative estimate of drug-likeness (QED) is 0.602. The summed E-state index contributed by atoms with van der Waals surface area (Å²) in [4.78, 5) is 24.9. The molecule has 7 heteroatoms. The molecular weight excluding hydrogens is 363 g/mol. The lowest BCUT2D eigenvalue weighted by Crippen LogP contribution is -2.38. The molecule has 1 unspecified atom stereocenters. The fourth-order valence-electron chi connectivity index (χ4n) is 2.67. The molecule has 25 heavy (non-hydrogen) atoms. The molecule has 0 saturated carbocycles. The number of carboxylic acid groups (broad SMARTS) is 1. The minimum absolute atomic E-state index is 0.133. The summed E-state index contributed by atoms with van der Waals surface area (Å²) in [6, 6.07) is 11.4. The molecule has 3 N–H and O–H groups in total. The van der Waals surface area contributed by atoms with Gasteiger partial charge in [0.2, 0.25) is 0 Å². The lowest BCUT2D eigenvalue weighted by Gasteiger charge is -2.30. The van der Waals surface area contributed by atoms with Crippen molar-refractivity contribution in [2.75, 3.05) is 5.73 Å². The Balaban J connectivity index is 2.42. The van der Waals surface area contributed by atoms with Gasteiger partial charge in [0.15, 0.2) is 0 Å². The average molecular weight is 381 g/mol. The monoisotopic (exact) mass is 380 g/mol. The Bertz CT molecular complexity index is 758. The van der Waals surface area contributed by atoms with Gasteiger partial charge in [-0.2, -0.15) is 0 Å². The average Bonchev–Trinajstić information content (AvgIpc) is 2.55. The third kappa shape index (κ3) is 4.87. The van der Waals surface area contributed by atoms with Crippen LogP contribution in [0.5, 0.6) is 0 Å². The molecule has 0 heterocycles. The fourth-order valence-corrected chi connectivity index (χ4v) is 3.21. The lowest BCUT2D eigenvalue weighted by atomic mass is 10.0. The van der Waals surface area contributed by atoms with Crippen molar-refractivity contribution in [1.82, 2.24) is 4.90 Å². The number of nitrogen functional groups attached to an aromatic ring is 1. The van der Waals surface area contributed by atoms with Crippen molar-refractivity contribution in [3.63, 3.8) is 0 Å². The van der Waals surface area contributed by atoms with Crippen LogP contribution < -0.4 is 5.73 Å². The highest BCUT2D eigenvalue weighted by Crippen LogP contribution is 2.31. The number of halogens is 2. The highest BCUT2D eigenvalue weighted by atomic mass is 35.5. The van der Waals surface area contributed by atoms with Gasteiger partial charge in [-0.15, -0.1) is 0 Å². The Labute approximate surface area is 156 Å². The topological polar surface area (TPSA) is 83.6 Å². The number of hydrogen-bond acceptors (Lipinski definition) is 3. The van der Waals surface area contributed by atoms with Crippen LogP contribution in [0.1, 0.15) is 30.5 Å². The predicted octanol–water partition coefficient (Wildman–Crippen LogP) is 4.14. The zero-order valence-electron chi connectivity index (χ0n) is 13.6. The van der Waals surface area contributed by atoms with Gasteiger partial charge < -0.3 is 15.7 Å². The molecule has 0 aromatic heterocycles. The van der Waals surface area contributed by atoms with Crippen LogP contribution >= 0.6 is 23.2 Å². The maximum atomic E-state index is 12.3. The number of carbonyl (C=O) groups excluding carboxylic acids is 1. The highest BCUT2D eigenvalue weighted by molar-refractivity contribution is 6.34. The van der Waals surface area contributed by atoms with E-state index in [0.717, 1.165) is 5.56 Å². The zero-order chi connectivity index (χ0) is 18.6. The van der Waals surface area contributed by atoms with Crippen LogP contribution in [0.2, 0.25) is 10.0 Å².